The summed E-state index contributed by atoms with van der Waals surface area (Å²) in [6, 6.07) is 11.2. The van der Waals surface area contributed by atoms with Crippen molar-refractivity contribution in [2.45, 2.75) is 38.1 Å². The Morgan fingerprint density at radius 1 is 1.08 bits per heavy atom. The van der Waals surface area contributed by atoms with Crippen molar-refractivity contribution >= 4 is 17.0 Å². The van der Waals surface area contributed by atoms with Gasteiger partial charge in [0.05, 0.1) is 17.6 Å². The molecule has 0 spiro atoms. The smallest absolute Gasteiger partial charge is 0.190 e. The van der Waals surface area contributed by atoms with E-state index in [1.54, 1.807) is 29.8 Å². The van der Waals surface area contributed by atoms with Crippen molar-refractivity contribution in [3.63, 3.8) is 0 Å². The van der Waals surface area contributed by atoms with Gasteiger partial charge in [0.1, 0.15) is 5.82 Å². The Labute approximate surface area is 150 Å². The van der Waals surface area contributed by atoms with Crippen LogP contribution in [0.1, 0.15) is 38.1 Å². The van der Waals surface area contributed by atoms with Crippen LogP contribution in [0.5, 0.6) is 0 Å². The van der Waals surface area contributed by atoms with Gasteiger partial charge < -0.3 is 4.57 Å². The van der Waals surface area contributed by atoms with Crippen molar-refractivity contribution in [2.75, 3.05) is 0 Å². The van der Waals surface area contributed by atoms with Gasteiger partial charge in [0.15, 0.2) is 4.80 Å². The lowest BCUT2D eigenvalue weighted by Gasteiger charge is -2.25. The number of hydrogen-bond donors (Lipinski definition) is 0. The summed E-state index contributed by atoms with van der Waals surface area (Å²) in [7, 11) is 0. The van der Waals surface area contributed by atoms with Crippen molar-refractivity contribution in [3.8, 4) is 11.3 Å². The second kappa shape index (κ2) is 7.31. The molecule has 0 bridgehead atoms. The molecule has 0 amide bonds. The number of aromatic nitrogens is 2. The number of nitrogens with zero attached hydrogens (tertiary/aromatic N) is 3. The molecule has 2 aromatic heterocycles. The van der Waals surface area contributed by atoms with Crippen molar-refractivity contribution < 1.29 is 4.39 Å². The molecule has 5 heteroatoms. The van der Waals surface area contributed by atoms with Gasteiger partial charge in [-0.15, -0.1) is 11.3 Å². The van der Waals surface area contributed by atoms with Gasteiger partial charge in [-0.1, -0.05) is 31.4 Å². The highest BCUT2D eigenvalue weighted by Crippen LogP contribution is 2.33. The summed E-state index contributed by atoms with van der Waals surface area (Å²) in [5.41, 5.74) is 2.41. The molecule has 0 N–H and O–H groups in total. The van der Waals surface area contributed by atoms with Crippen molar-refractivity contribution in [3.05, 3.63) is 64.8 Å². The highest BCUT2D eigenvalue weighted by atomic mass is 32.1. The monoisotopic (exact) mass is 353 g/mol. The third kappa shape index (κ3) is 3.42. The Morgan fingerprint density at radius 2 is 1.92 bits per heavy atom. The normalized spacial score (nSPS) is 16.3. The predicted octanol–water partition coefficient (Wildman–Crippen LogP) is 5.49. The fraction of sp³-hybridized carbons (Fsp3) is 0.300. The molecular weight excluding hydrogens is 333 g/mol. The number of hydrogen-bond acceptors (Lipinski definition) is 3. The lowest BCUT2D eigenvalue weighted by Crippen LogP contribution is -2.23. The Kier molecular flexibility index (Phi) is 4.74. The van der Waals surface area contributed by atoms with E-state index < -0.39 is 0 Å². The Bertz CT molecular complexity index is 908. The minimum absolute atomic E-state index is 0.183. The highest BCUT2D eigenvalue weighted by molar-refractivity contribution is 7.07. The molecule has 0 aliphatic heterocycles. The van der Waals surface area contributed by atoms with Gasteiger partial charge in [0.2, 0.25) is 0 Å². The SMILES string of the molecule is Fc1ccccc1-c1csc(=Nc2cccnc2)n1C1CCCCC1. The first-order valence-corrected chi connectivity index (χ1v) is 9.60. The molecule has 1 aliphatic carbocycles. The molecule has 1 fully saturated rings. The molecule has 1 saturated carbocycles. The zero-order chi connectivity index (χ0) is 17.1. The maximum Gasteiger partial charge on any atom is 0.190 e. The number of thiazole rings is 1. The van der Waals surface area contributed by atoms with Gasteiger partial charge in [-0.05, 0) is 37.1 Å². The van der Waals surface area contributed by atoms with E-state index in [0.717, 1.165) is 29.0 Å². The fourth-order valence-corrected chi connectivity index (χ4v) is 4.47. The molecule has 0 unspecified atom stereocenters. The standard InChI is InChI=1S/C20H20FN3S/c21-18-11-5-4-10-17(18)19-14-25-20(23-15-7-6-12-22-13-15)24(19)16-8-2-1-3-9-16/h4-7,10-14,16H,1-3,8-9H2. The van der Waals surface area contributed by atoms with Crippen LogP contribution >= 0.6 is 11.3 Å². The van der Waals surface area contributed by atoms with Crippen LogP contribution in [0.25, 0.3) is 11.3 Å². The van der Waals surface area contributed by atoms with Crippen LogP contribution in [0.2, 0.25) is 0 Å². The highest BCUT2D eigenvalue weighted by Gasteiger charge is 2.21. The Hall–Kier alpha value is -2.27. The fourth-order valence-electron chi connectivity index (χ4n) is 3.49. The minimum atomic E-state index is -0.183. The second-order valence-corrected chi connectivity index (χ2v) is 7.20. The van der Waals surface area contributed by atoms with Crippen LogP contribution < -0.4 is 4.80 Å². The molecule has 25 heavy (non-hydrogen) atoms. The third-order valence-electron chi connectivity index (χ3n) is 4.70. The molecule has 0 radical (unpaired) electrons. The topological polar surface area (TPSA) is 30.2 Å². The molecule has 4 rings (SSSR count). The predicted molar refractivity (Wildman–Crippen MR) is 99.3 cm³/mol. The van der Waals surface area contributed by atoms with Gasteiger partial charge in [-0.2, -0.15) is 0 Å². The van der Waals surface area contributed by atoms with Crippen LogP contribution in [0, 0.1) is 5.82 Å². The molecular formula is C20H20FN3S. The summed E-state index contributed by atoms with van der Waals surface area (Å²) in [5, 5.41) is 2.03. The van der Waals surface area contributed by atoms with Crippen LogP contribution in [0.15, 0.2) is 59.2 Å². The van der Waals surface area contributed by atoms with Crippen molar-refractivity contribution in [2.24, 2.45) is 4.99 Å². The van der Waals surface area contributed by atoms with Gasteiger partial charge in [0.25, 0.3) is 0 Å². The maximum absolute atomic E-state index is 14.4. The van der Waals surface area contributed by atoms with E-state index in [9.17, 15) is 4.39 Å². The first kappa shape index (κ1) is 16.2. The quantitative estimate of drug-likeness (QED) is 0.612. The molecule has 3 aromatic rings. The second-order valence-electron chi connectivity index (χ2n) is 6.37. The maximum atomic E-state index is 14.4. The average molecular weight is 353 g/mol. The van der Waals surface area contributed by atoms with Crippen molar-refractivity contribution in [1.82, 2.24) is 9.55 Å². The molecule has 1 aliphatic rings. The molecule has 0 atom stereocenters. The molecule has 128 valence electrons. The summed E-state index contributed by atoms with van der Waals surface area (Å²) in [5.74, 6) is -0.183. The average Bonchev–Trinajstić information content (AvgIpc) is 3.07. The zero-order valence-electron chi connectivity index (χ0n) is 13.9. The largest absolute Gasteiger partial charge is 0.313 e. The number of pyridine rings is 1. The summed E-state index contributed by atoms with van der Waals surface area (Å²) in [6.07, 6.45) is 9.47. The van der Waals surface area contributed by atoms with E-state index in [1.165, 1.54) is 25.3 Å². The third-order valence-corrected chi connectivity index (χ3v) is 5.54. The molecule has 0 saturated heterocycles. The van der Waals surface area contributed by atoms with Crippen LogP contribution in [-0.2, 0) is 0 Å². The first-order valence-electron chi connectivity index (χ1n) is 8.72. The van der Waals surface area contributed by atoms with Gasteiger partial charge >= 0.3 is 0 Å². The van der Waals surface area contributed by atoms with Crippen LogP contribution in [-0.4, -0.2) is 9.55 Å². The van der Waals surface area contributed by atoms with Crippen LogP contribution in [0.4, 0.5) is 10.1 Å². The lowest BCUT2D eigenvalue weighted by atomic mass is 9.95. The number of benzene rings is 1. The number of rotatable bonds is 3. The summed E-state index contributed by atoms with van der Waals surface area (Å²) < 4.78 is 16.7. The molecule has 3 nitrogen and oxygen atoms in total. The van der Waals surface area contributed by atoms with E-state index in [2.05, 4.69) is 9.55 Å². The first-order chi connectivity index (χ1) is 12.3. The molecule has 1 aromatic carbocycles. The summed E-state index contributed by atoms with van der Waals surface area (Å²) in [6.45, 7) is 0. The zero-order valence-corrected chi connectivity index (χ0v) is 14.8. The van der Waals surface area contributed by atoms with Gasteiger partial charge in [-0.3, -0.25) is 4.98 Å². The van der Waals surface area contributed by atoms with E-state index in [1.807, 2.05) is 29.6 Å². The summed E-state index contributed by atoms with van der Waals surface area (Å²) >= 11 is 1.57. The minimum Gasteiger partial charge on any atom is -0.313 e. The van der Waals surface area contributed by atoms with E-state index in [-0.39, 0.29) is 5.82 Å². The lowest BCUT2D eigenvalue weighted by molar-refractivity contribution is 0.350. The van der Waals surface area contributed by atoms with Crippen LogP contribution in [0.3, 0.4) is 0 Å². The number of halogens is 1. The Morgan fingerprint density at radius 3 is 2.68 bits per heavy atom. The van der Waals surface area contributed by atoms with E-state index >= 15 is 0 Å². The Balaban J connectivity index is 1.88. The van der Waals surface area contributed by atoms with Gasteiger partial charge in [-0.25, -0.2) is 9.38 Å². The van der Waals surface area contributed by atoms with Gasteiger partial charge in [0, 0.05) is 23.2 Å². The van der Waals surface area contributed by atoms with E-state index in [0.29, 0.717) is 11.6 Å². The van der Waals surface area contributed by atoms with E-state index in [4.69, 9.17) is 4.99 Å². The summed E-state index contributed by atoms with van der Waals surface area (Å²) in [4.78, 5) is 9.85. The molecule has 2 heterocycles. The van der Waals surface area contributed by atoms with Crippen molar-refractivity contribution in [1.29, 1.82) is 0 Å².